The Bertz CT molecular complexity index is 983. The highest BCUT2D eigenvalue weighted by molar-refractivity contribution is 7.93. The van der Waals surface area contributed by atoms with E-state index in [1.165, 1.54) is 4.31 Å². The number of hydrogen-bond acceptors (Lipinski definition) is 5. The summed E-state index contributed by atoms with van der Waals surface area (Å²) in [5.74, 6) is 0.920. The van der Waals surface area contributed by atoms with Crippen molar-refractivity contribution in [2.24, 2.45) is 0 Å². The van der Waals surface area contributed by atoms with Gasteiger partial charge in [0.05, 0.1) is 11.4 Å². The summed E-state index contributed by atoms with van der Waals surface area (Å²) in [4.78, 5) is 8.60. The van der Waals surface area contributed by atoms with Gasteiger partial charge < -0.3 is 9.72 Å². The number of fused-ring (bicyclic) bond motifs is 1. The van der Waals surface area contributed by atoms with E-state index in [2.05, 4.69) is 15.3 Å². The van der Waals surface area contributed by atoms with Crippen LogP contribution in [0.15, 0.2) is 49.1 Å². The van der Waals surface area contributed by atoms with E-state index in [1.54, 1.807) is 12.4 Å². The normalized spacial score (nSPS) is 16.6. The van der Waals surface area contributed by atoms with Gasteiger partial charge in [0.15, 0.2) is 11.5 Å². The molecule has 0 unspecified atom stereocenters. The molecule has 3 heterocycles. The number of imidazole rings is 1. The average Bonchev–Trinajstić information content (AvgIpc) is 3.19. The van der Waals surface area contributed by atoms with E-state index in [-0.39, 0.29) is 5.75 Å². The highest BCUT2D eigenvalue weighted by atomic mass is 32.2. The molecule has 0 atom stereocenters. The van der Waals surface area contributed by atoms with Crippen LogP contribution in [0.5, 0.6) is 0 Å². The van der Waals surface area contributed by atoms with Crippen molar-refractivity contribution >= 4 is 27.2 Å². The number of sulfonamides is 1. The predicted molar refractivity (Wildman–Crippen MR) is 92.5 cm³/mol. The lowest BCUT2D eigenvalue weighted by Crippen LogP contribution is -2.25. The van der Waals surface area contributed by atoms with E-state index in [0.29, 0.717) is 25.3 Å². The molecular formula is C16H17N5O2S. The van der Waals surface area contributed by atoms with Crippen LogP contribution in [0.4, 0.5) is 11.5 Å². The molecule has 8 heteroatoms. The fourth-order valence-corrected chi connectivity index (χ4v) is 4.47. The average molecular weight is 343 g/mol. The first-order valence-electron chi connectivity index (χ1n) is 7.74. The monoisotopic (exact) mass is 343 g/mol. The van der Waals surface area contributed by atoms with Gasteiger partial charge in [-0.25, -0.2) is 18.4 Å². The smallest absolute Gasteiger partial charge is 0.235 e. The van der Waals surface area contributed by atoms with Crippen LogP contribution in [0.1, 0.15) is 12.0 Å². The van der Waals surface area contributed by atoms with Crippen LogP contribution in [-0.4, -0.2) is 35.1 Å². The predicted octanol–water partition coefficient (Wildman–Crippen LogP) is 1.88. The topological polar surface area (TPSA) is 79.6 Å². The molecule has 24 heavy (non-hydrogen) atoms. The van der Waals surface area contributed by atoms with Crippen molar-refractivity contribution in [3.63, 3.8) is 0 Å². The number of rotatable bonds is 4. The maximum absolute atomic E-state index is 12.1. The van der Waals surface area contributed by atoms with E-state index in [9.17, 15) is 8.42 Å². The highest BCUT2D eigenvalue weighted by Gasteiger charge is 2.28. The molecule has 2 aromatic heterocycles. The molecule has 0 radical (unpaired) electrons. The highest BCUT2D eigenvalue weighted by Crippen LogP contribution is 2.25. The van der Waals surface area contributed by atoms with Gasteiger partial charge in [0.2, 0.25) is 10.0 Å². The summed E-state index contributed by atoms with van der Waals surface area (Å²) < 4.78 is 27.5. The molecule has 0 bridgehead atoms. The maximum Gasteiger partial charge on any atom is 0.235 e. The Balaban J connectivity index is 1.55. The molecule has 1 aliphatic rings. The molecule has 4 rings (SSSR count). The van der Waals surface area contributed by atoms with Gasteiger partial charge in [-0.1, -0.05) is 12.1 Å². The first-order valence-corrected chi connectivity index (χ1v) is 9.35. The Kier molecular flexibility index (Phi) is 3.61. The van der Waals surface area contributed by atoms with Crippen molar-refractivity contribution in [2.45, 2.75) is 13.0 Å². The minimum atomic E-state index is -3.16. The van der Waals surface area contributed by atoms with Gasteiger partial charge in [-0.15, -0.1) is 0 Å². The summed E-state index contributed by atoms with van der Waals surface area (Å²) >= 11 is 0. The van der Waals surface area contributed by atoms with Crippen molar-refractivity contribution < 1.29 is 8.42 Å². The summed E-state index contributed by atoms with van der Waals surface area (Å²) in [6, 6.07) is 7.58. The zero-order chi connectivity index (χ0) is 16.6. The Labute approximate surface area is 140 Å². The fraction of sp³-hybridized carbons (Fsp3) is 0.250. The molecule has 1 fully saturated rings. The third kappa shape index (κ3) is 2.69. The largest absolute Gasteiger partial charge is 0.363 e. The van der Waals surface area contributed by atoms with Crippen molar-refractivity contribution in [2.75, 3.05) is 21.9 Å². The second-order valence-electron chi connectivity index (χ2n) is 5.70. The van der Waals surface area contributed by atoms with Crippen LogP contribution in [0.25, 0.3) is 5.65 Å². The van der Waals surface area contributed by atoms with Crippen LogP contribution >= 0.6 is 0 Å². The van der Waals surface area contributed by atoms with E-state index in [0.717, 1.165) is 16.9 Å². The molecule has 0 spiro atoms. The first-order chi connectivity index (χ1) is 11.6. The van der Waals surface area contributed by atoms with Gasteiger partial charge in [0.1, 0.15) is 0 Å². The van der Waals surface area contributed by atoms with Crippen molar-refractivity contribution in [1.82, 2.24) is 14.4 Å². The van der Waals surface area contributed by atoms with E-state index in [4.69, 9.17) is 0 Å². The standard InChI is InChI=1S/C16H17N5O2S/c22-24(23)10-2-7-21(24)14-4-1-3-13(11-14)12-19-15-16-18-6-9-20(16)8-5-17-15/h1,3-6,8-9,11H,2,7,10,12H2,(H,17,19). The Morgan fingerprint density at radius 3 is 2.79 bits per heavy atom. The number of anilines is 2. The van der Waals surface area contributed by atoms with Crippen LogP contribution in [0.2, 0.25) is 0 Å². The number of aromatic nitrogens is 3. The molecule has 124 valence electrons. The molecule has 1 aromatic carbocycles. The third-order valence-corrected chi connectivity index (χ3v) is 5.94. The fourth-order valence-electron chi connectivity index (χ4n) is 2.92. The quantitative estimate of drug-likeness (QED) is 0.782. The zero-order valence-corrected chi connectivity index (χ0v) is 13.8. The number of hydrogen-bond donors (Lipinski definition) is 1. The van der Waals surface area contributed by atoms with Gasteiger partial charge in [-0.2, -0.15) is 0 Å². The van der Waals surface area contributed by atoms with Crippen LogP contribution in [0.3, 0.4) is 0 Å². The van der Waals surface area contributed by atoms with Gasteiger partial charge in [-0.3, -0.25) is 4.31 Å². The molecular weight excluding hydrogens is 326 g/mol. The molecule has 1 N–H and O–H groups in total. The number of benzene rings is 1. The number of nitrogens with one attached hydrogen (secondary N) is 1. The van der Waals surface area contributed by atoms with Gasteiger partial charge in [-0.05, 0) is 24.1 Å². The molecule has 1 aliphatic heterocycles. The molecule has 3 aromatic rings. The van der Waals surface area contributed by atoms with Gasteiger partial charge >= 0.3 is 0 Å². The minimum Gasteiger partial charge on any atom is -0.363 e. The van der Waals surface area contributed by atoms with E-state index in [1.807, 2.05) is 41.1 Å². The molecule has 1 saturated heterocycles. The van der Waals surface area contributed by atoms with Crippen molar-refractivity contribution in [3.05, 3.63) is 54.6 Å². The van der Waals surface area contributed by atoms with Crippen molar-refractivity contribution in [1.29, 1.82) is 0 Å². The summed E-state index contributed by atoms with van der Waals surface area (Å²) in [6.45, 7) is 1.09. The minimum absolute atomic E-state index is 0.223. The second kappa shape index (κ2) is 5.79. The lowest BCUT2D eigenvalue weighted by molar-refractivity contribution is 0.599. The zero-order valence-electron chi connectivity index (χ0n) is 13.0. The molecule has 0 saturated carbocycles. The first kappa shape index (κ1) is 14.9. The molecule has 0 amide bonds. The third-order valence-electron chi connectivity index (χ3n) is 4.07. The SMILES string of the molecule is O=S1(=O)CCCN1c1cccc(CNc2nccn3ccnc23)c1. The Hall–Kier alpha value is -2.61. The Morgan fingerprint density at radius 2 is 2.00 bits per heavy atom. The summed E-state index contributed by atoms with van der Waals surface area (Å²) in [5, 5.41) is 3.27. The molecule has 7 nitrogen and oxygen atoms in total. The molecule has 0 aliphatic carbocycles. The van der Waals surface area contributed by atoms with Crippen LogP contribution in [-0.2, 0) is 16.6 Å². The summed E-state index contributed by atoms with van der Waals surface area (Å²) in [5.41, 5.74) is 2.47. The van der Waals surface area contributed by atoms with Gasteiger partial charge in [0, 0.05) is 37.9 Å². The van der Waals surface area contributed by atoms with Crippen molar-refractivity contribution in [3.8, 4) is 0 Å². The lowest BCUT2D eigenvalue weighted by Gasteiger charge is -2.17. The summed E-state index contributed by atoms with van der Waals surface area (Å²) in [6.07, 6.45) is 7.81. The van der Waals surface area contributed by atoms with Crippen LogP contribution in [0, 0.1) is 0 Å². The summed E-state index contributed by atoms with van der Waals surface area (Å²) in [7, 11) is -3.16. The van der Waals surface area contributed by atoms with E-state index >= 15 is 0 Å². The number of nitrogens with zero attached hydrogens (tertiary/aromatic N) is 4. The van der Waals surface area contributed by atoms with Crippen LogP contribution < -0.4 is 9.62 Å². The van der Waals surface area contributed by atoms with Gasteiger partial charge in [0.25, 0.3) is 0 Å². The lowest BCUT2D eigenvalue weighted by atomic mass is 10.2. The Morgan fingerprint density at radius 1 is 1.17 bits per heavy atom. The van der Waals surface area contributed by atoms with E-state index < -0.39 is 10.0 Å². The maximum atomic E-state index is 12.1. The second-order valence-corrected chi connectivity index (χ2v) is 7.71.